The first kappa shape index (κ1) is 14.0. The van der Waals surface area contributed by atoms with Crippen LogP contribution in [0.5, 0.6) is 17.2 Å². The van der Waals surface area contributed by atoms with Crippen LogP contribution in [0.3, 0.4) is 0 Å². The van der Waals surface area contributed by atoms with Crippen molar-refractivity contribution in [2.45, 2.75) is 45.4 Å². The molecule has 0 saturated heterocycles. The van der Waals surface area contributed by atoms with Crippen LogP contribution in [0.4, 0.5) is 0 Å². The van der Waals surface area contributed by atoms with Crippen LogP contribution in [-0.2, 0) is 5.41 Å². The maximum absolute atomic E-state index is 10.3. The molecule has 106 valence electrons. The predicted octanol–water partition coefficient (Wildman–Crippen LogP) is 3.83. The quantitative estimate of drug-likeness (QED) is 0.901. The molecule has 3 heteroatoms. The summed E-state index contributed by atoms with van der Waals surface area (Å²) in [5.74, 6) is 2.17. The summed E-state index contributed by atoms with van der Waals surface area (Å²) >= 11 is 0. The third-order valence-corrected chi connectivity index (χ3v) is 4.90. The van der Waals surface area contributed by atoms with Crippen LogP contribution in [0.15, 0.2) is 6.07 Å². The lowest BCUT2D eigenvalue weighted by atomic mass is 9.76. The Hall–Kier alpha value is -1.38. The molecular formula is C16H24O3. The minimum Gasteiger partial charge on any atom is -0.502 e. The molecule has 0 fully saturated rings. The summed E-state index contributed by atoms with van der Waals surface area (Å²) in [6, 6.07) is 1.98. The normalized spacial score (nSPS) is 24.1. The van der Waals surface area contributed by atoms with E-state index in [-0.39, 0.29) is 11.2 Å². The second-order valence-corrected chi connectivity index (χ2v) is 5.95. The van der Waals surface area contributed by atoms with Crippen LogP contribution < -0.4 is 9.47 Å². The van der Waals surface area contributed by atoms with Gasteiger partial charge in [-0.1, -0.05) is 27.7 Å². The van der Waals surface area contributed by atoms with Gasteiger partial charge in [0.1, 0.15) is 0 Å². The molecular weight excluding hydrogens is 240 g/mol. The van der Waals surface area contributed by atoms with Gasteiger partial charge in [-0.3, -0.25) is 0 Å². The smallest absolute Gasteiger partial charge is 0.201 e. The molecule has 1 aromatic rings. The van der Waals surface area contributed by atoms with E-state index in [1.807, 2.05) is 6.07 Å². The summed E-state index contributed by atoms with van der Waals surface area (Å²) < 4.78 is 10.8. The molecule has 1 N–H and O–H groups in total. The van der Waals surface area contributed by atoms with Crippen LogP contribution in [-0.4, -0.2) is 19.3 Å². The molecule has 2 rings (SSSR count). The molecule has 3 nitrogen and oxygen atoms in total. The first-order valence-electron chi connectivity index (χ1n) is 6.88. The lowest BCUT2D eigenvalue weighted by Gasteiger charge is -2.28. The summed E-state index contributed by atoms with van der Waals surface area (Å²) in [5.41, 5.74) is 2.38. The summed E-state index contributed by atoms with van der Waals surface area (Å²) in [5, 5.41) is 10.3. The van der Waals surface area contributed by atoms with E-state index in [1.165, 1.54) is 5.56 Å². The number of hydrogen-bond acceptors (Lipinski definition) is 3. The van der Waals surface area contributed by atoms with Crippen molar-refractivity contribution in [3.63, 3.8) is 0 Å². The molecule has 0 bridgehead atoms. The van der Waals surface area contributed by atoms with E-state index in [9.17, 15) is 5.11 Å². The summed E-state index contributed by atoms with van der Waals surface area (Å²) in [6.07, 6.45) is 1.08. The number of ether oxygens (including phenoxy) is 2. The molecule has 1 aliphatic carbocycles. The predicted molar refractivity (Wildman–Crippen MR) is 76.4 cm³/mol. The largest absolute Gasteiger partial charge is 0.502 e. The van der Waals surface area contributed by atoms with Crippen LogP contribution >= 0.6 is 0 Å². The first-order valence-corrected chi connectivity index (χ1v) is 6.88. The molecule has 0 spiro atoms. The molecule has 0 aromatic heterocycles. The number of benzene rings is 1. The average molecular weight is 264 g/mol. The van der Waals surface area contributed by atoms with Crippen LogP contribution in [0.1, 0.15) is 51.2 Å². The highest BCUT2D eigenvalue weighted by Crippen LogP contribution is 2.58. The topological polar surface area (TPSA) is 38.7 Å². The Balaban J connectivity index is 2.77. The fourth-order valence-corrected chi connectivity index (χ4v) is 3.53. The maximum Gasteiger partial charge on any atom is 0.201 e. The third kappa shape index (κ3) is 1.78. The first-order chi connectivity index (χ1) is 8.89. The highest BCUT2D eigenvalue weighted by molar-refractivity contribution is 5.63. The van der Waals surface area contributed by atoms with Crippen molar-refractivity contribution >= 4 is 0 Å². The van der Waals surface area contributed by atoms with Gasteiger partial charge in [0.2, 0.25) is 5.75 Å². The van der Waals surface area contributed by atoms with Gasteiger partial charge < -0.3 is 14.6 Å². The van der Waals surface area contributed by atoms with Crippen molar-refractivity contribution in [2.75, 3.05) is 14.2 Å². The number of phenolic OH excluding ortho intramolecular Hbond substituents is 1. The monoisotopic (exact) mass is 264 g/mol. The van der Waals surface area contributed by atoms with Gasteiger partial charge >= 0.3 is 0 Å². The van der Waals surface area contributed by atoms with E-state index in [0.29, 0.717) is 23.3 Å². The van der Waals surface area contributed by atoms with Gasteiger partial charge in [-0.15, -0.1) is 0 Å². The maximum atomic E-state index is 10.3. The van der Waals surface area contributed by atoms with Gasteiger partial charge in [-0.25, -0.2) is 0 Å². The number of fused-ring (bicyclic) bond motifs is 1. The zero-order chi connectivity index (χ0) is 14.4. The molecule has 1 aliphatic rings. The van der Waals surface area contributed by atoms with Crippen molar-refractivity contribution in [1.82, 2.24) is 0 Å². The SMILES string of the molecule is CC[C@H]1c2cc(OC)c(O)c(OC)c2C(C)(C)[C@@H]1C. The van der Waals surface area contributed by atoms with E-state index in [1.54, 1.807) is 14.2 Å². The van der Waals surface area contributed by atoms with Crippen molar-refractivity contribution in [3.05, 3.63) is 17.2 Å². The minimum atomic E-state index is -0.00882. The van der Waals surface area contributed by atoms with Crippen LogP contribution in [0.25, 0.3) is 0 Å². The average Bonchev–Trinajstić information content (AvgIpc) is 2.57. The standard InChI is InChI=1S/C16H24O3/c1-7-10-9(2)16(3,4)13-11(10)8-12(18-5)14(17)15(13)19-6/h8-10,17H,7H2,1-6H3/t9-,10-/m1/s1. The number of phenols is 1. The molecule has 1 aromatic carbocycles. The van der Waals surface area contributed by atoms with Gasteiger partial charge in [-0.05, 0) is 35.3 Å². The number of hydrogen-bond donors (Lipinski definition) is 1. The molecule has 0 saturated carbocycles. The van der Waals surface area contributed by atoms with Crippen LogP contribution in [0.2, 0.25) is 0 Å². The Morgan fingerprint density at radius 1 is 1.26 bits per heavy atom. The molecule has 0 aliphatic heterocycles. The Bertz CT molecular complexity index is 491. The minimum absolute atomic E-state index is 0.00882. The molecule has 0 radical (unpaired) electrons. The zero-order valence-electron chi connectivity index (χ0n) is 12.7. The summed E-state index contributed by atoms with van der Waals surface area (Å²) in [4.78, 5) is 0. The van der Waals surface area contributed by atoms with E-state index in [0.717, 1.165) is 12.0 Å². The Kier molecular flexibility index (Phi) is 3.41. The molecule has 0 unspecified atom stereocenters. The van der Waals surface area contributed by atoms with Crippen molar-refractivity contribution in [1.29, 1.82) is 0 Å². The van der Waals surface area contributed by atoms with Crippen molar-refractivity contribution in [3.8, 4) is 17.2 Å². The lowest BCUT2D eigenvalue weighted by molar-refractivity contribution is 0.307. The number of rotatable bonds is 3. The fourth-order valence-electron chi connectivity index (χ4n) is 3.53. The van der Waals surface area contributed by atoms with Gasteiger partial charge in [0.25, 0.3) is 0 Å². The summed E-state index contributed by atoms with van der Waals surface area (Å²) in [6.45, 7) is 8.93. The molecule has 0 amide bonds. The van der Waals surface area contributed by atoms with E-state index in [2.05, 4.69) is 27.7 Å². The molecule has 2 atom stereocenters. The van der Waals surface area contributed by atoms with Gasteiger partial charge in [0.15, 0.2) is 11.5 Å². The van der Waals surface area contributed by atoms with Crippen molar-refractivity contribution in [2.24, 2.45) is 5.92 Å². The highest BCUT2D eigenvalue weighted by Gasteiger charge is 2.46. The summed E-state index contributed by atoms with van der Waals surface area (Å²) in [7, 11) is 3.18. The van der Waals surface area contributed by atoms with Gasteiger partial charge in [0.05, 0.1) is 14.2 Å². The second kappa shape index (κ2) is 4.62. The van der Waals surface area contributed by atoms with Crippen molar-refractivity contribution < 1.29 is 14.6 Å². The van der Waals surface area contributed by atoms with Gasteiger partial charge in [0, 0.05) is 5.56 Å². The Morgan fingerprint density at radius 3 is 2.37 bits per heavy atom. The lowest BCUT2D eigenvalue weighted by Crippen LogP contribution is -2.23. The van der Waals surface area contributed by atoms with E-state index in [4.69, 9.17) is 9.47 Å². The molecule has 0 heterocycles. The fraction of sp³-hybridized carbons (Fsp3) is 0.625. The highest BCUT2D eigenvalue weighted by atomic mass is 16.5. The second-order valence-electron chi connectivity index (χ2n) is 5.95. The van der Waals surface area contributed by atoms with E-state index < -0.39 is 0 Å². The Labute approximate surface area is 115 Å². The molecule has 19 heavy (non-hydrogen) atoms. The number of methoxy groups -OCH3 is 2. The zero-order valence-corrected chi connectivity index (χ0v) is 12.7. The third-order valence-electron chi connectivity index (χ3n) is 4.90. The Morgan fingerprint density at radius 2 is 1.89 bits per heavy atom. The number of aromatic hydroxyl groups is 1. The van der Waals surface area contributed by atoms with E-state index >= 15 is 0 Å². The van der Waals surface area contributed by atoms with Crippen LogP contribution in [0, 0.1) is 5.92 Å². The van der Waals surface area contributed by atoms with Gasteiger partial charge in [-0.2, -0.15) is 0 Å².